The summed E-state index contributed by atoms with van der Waals surface area (Å²) in [5.74, 6) is -2.02. The van der Waals surface area contributed by atoms with Crippen LogP contribution in [0.4, 0.5) is 5.13 Å². The first-order chi connectivity index (χ1) is 18.7. The van der Waals surface area contributed by atoms with Crippen molar-refractivity contribution in [2.75, 3.05) is 25.2 Å². The first-order valence-corrected chi connectivity index (χ1v) is 15.2. The van der Waals surface area contributed by atoms with Gasteiger partial charge in [-0.15, -0.1) is 23.1 Å². The van der Waals surface area contributed by atoms with Crippen LogP contribution < -0.4 is 16.0 Å². The number of carboxylic acid groups (broad SMARTS) is 1. The Morgan fingerprint density at radius 1 is 1.43 bits per heavy atom. The van der Waals surface area contributed by atoms with E-state index in [9.17, 15) is 24.6 Å². The number of β-lactam (4-membered cyclic amide) rings is 1. The van der Waals surface area contributed by atoms with Gasteiger partial charge in [-0.2, -0.15) is 0 Å². The lowest BCUT2D eigenvalue weighted by Crippen LogP contribution is -2.71. The van der Waals surface area contributed by atoms with E-state index in [2.05, 4.69) is 20.4 Å². The summed E-state index contributed by atoms with van der Waals surface area (Å²) < 4.78 is 32.8. The second-order valence-electron chi connectivity index (χ2n) is 8.09. The van der Waals surface area contributed by atoms with Gasteiger partial charge in [0.25, 0.3) is 11.8 Å². The van der Waals surface area contributed by atoms with E-state index in [0.29, 0.717) is 24.2 Å². The molecule has 0 radical (unpaired) electrons. The van der Waals surface area contributed by atoms with E-state index in [1.807, 2.05) is 6.92 Å². The molecule has 0 spiro atoms. The second-order valence-corrected chi connectivity index (χ2v) is 12.1. The number of aliphatic carboxylic acids is 1. The van der Waals surface area contributed by atoms with Crippen molar-refractivity contribution in [2.45, 2.75) is 31.2 Å². The largest absolute Gasteiger partial charge is 0.726 e. The van der Waals surface area contributed by atoms with Crippen LogP contribution in [-0.4, -0.2) is 92.0 Å². The molecule has 2 aromatic rings. The van der Waals surface area contributed by atoms with E-state index >= 15 is 0 Å². The zero-order valence-electron chi connectivity index (χ0n) is 20.8. The molecule has 4 heterocycles. The molecule has 2 atom stereocenters. The van der Waals surface area contributed by atoms with E-state index in [-0.39, 0.29) is 28.8 Å². The minimum absolute atomic E-state index is 0.0251. The molecule has 0 bridgehead atoms. The van der Waals surface area contributed by atoms with Crippen molar-refractivity contribution in [1.29, 1.82) is 0 Å². The normalized spacial score (nSPS) is 18.9. The molecule has 1 saturated heterocycles. The number of thioether (sulfide) groups is 1. The minimum Gasteiger partial charge on any atom is -0.726 e. The lowest BCUT2D eigenvalue weighted by molar-refractivity contribution is -0.391. The number of oxime groups is 1. The number of rotatable bonds is 9. The number of carbonyl (C=O) groups excluding carboxylic acids is 2. The summed E-state index contributed by atoms with van der Waals surface area (Å²) in [5.41, 5.74) is 7.18. The van der Waals surface area contributed by atoms with E-state index in [4.69, 9.17) is 28.1 Å². The first-order valence-electron chi connectivity index (χ1n) is 11.1. The van der Waals surface area contributed by atoms with Gasteiger partial charge in [0.1, 0.15) is 29.9 Å². The standard InChI is InChI=1S/C20H22N6O6S3.H2O4S/c1-8-11(3-4-27)35-12(22-8)5-9-6-33-18-14(17(29)26(18)15(9)19(30)31)24-16(28)13(25-32-2)10-7-34-20(21)23-10;1-5(2,3)4/h7,14,18,27H,3-6H2,1-2H3,(H2,21,23)(H,24,28)(H,30,31);(H2,1,2,3,4)/b25-13-;/t14?,18-;/m1./s1. The maximum absolute atomic E-state index is 13.0. The van der Waals surface area contributed by atoms with E-state index < -0.39 is 39.6 Å². The summed E-state index contributed by atoms with van der Waals surface area (Å²) in [5, 5.41) is 27.5. The number of carboxylic acids is 1. The van der Waals surface area contributed by atoms with E-state index in [0.717, 1.165) is 26.9 Å². The van der Waals surface area contributed by atoms with Crippen LogP contribution in [0.1, 0.15) is 21.3 Å². The summed E-state index contributed by atoms with van der Waals surface area (Å²) in [6.07, 6.45) is 0.859. The van der Waals surface area contributed by atoms with Gasteiger partial charge in [-0.1, -0.05) is 16.5 Å². The van der Waals surface area contributed by atoms with Crippen LogP contribution in [0.25, 0.3) is 0 Å². The Balaban J connectivity index is 0.000000810. The van der Waals surface area contributed by atoms with Crippen LogP contribution in [0, 0.1) is 6.92 Å². The number of H-pyrrole nitrogens is 1. The molecule has 0 aromatic carbocycles. The number of aromatic amines is 1. The summed E-state index contributed by atoms with van der Waals surface area (Å²) in [7, 11) is -3.64. The van der Waals surface area contributed by atoms with Crippen molar-refractivity contribution >= 4 is 73.5 Å². The molecule has 2 aliphatic rings. The van der Waals surface area contributed by atoms with Crippen LogP contribution in [0.15, 0.2) is 21.8 Å². The third kappa shape index (κ3) is 7.53. The van der Waals surface area contributed by atoms with Gasteiger partial charge in [0.2, 0.25) is 15.4 Å². The van der Waals surface area contributed by atoms with Gasteiger partial charge in [0.15, 0.2) is 16.5 Å². The first kappa shape index (κ1) is 31.4. The summed E-state index contributed by atoms with van der Waals surface area (Å²) in [6, 6.07) is -0.923. The molecule has 4 rings (SSSR count). The highest BCUT2D eigenvalue weighted by Crippen LogP contribution is 2.41. The minimum atomic E-state index is -4.92. The lowest BCUT2D eigenvalue weighted by Gasteiger charge is -2.49. The number of amides is 2. The molecule has 2 amide bonds. The molecular weight excluding hydrogens is 613 g/mol. The quantitative estimate of drug-likeness (QED) is 0.0712. The Morgan fingerprint density at radius 3 is 2.65 bits per heavy atom. The smallest absolute Gasteiger partial charge is 0.352 e. The Hall–Kier alpha value is -3.14. The number of nitrogen functional groups attached to an aromatic ring is 1. The van der Waals surface area contributed by atoms with Crippen LogP contribution in [0.3, 0.4) is 0 Å². The number of hydrogen-bond acceptors (Lipinski definition) is 14. The molecule has 1 unspecified atom stereocenters. The van der Waals surface area contributed by atoms with Crippen molar-refractivity contribution < 1.29 is 51.9 Å². The summed E-state index contributed by atoms with van der Waals surface area (Å²) >= 11 is 3.98. The highest BCUT2D eigenvalue weighted by molar-refractivity contribution is 8.00. The average Bonchev–Trinajstić information content (AvgIpc) is 3.44. The number of nitrogens with one attached hydrogen (secondary N) is 2. The number of aliphatic hydroxyl groups excluding tert-OH is 1. The van der Waals surface area contributed by atoms with Crippen molar-refractivity contribution in [1.82, 2.24) is 15.2 Å². The number of aliphatic hydroxyl groups is 1. The fourth-order valence-corrected chi connectivity index (χ4v) is 6.90. The van der Waals surface area contributed by atoms with Crippen LogP contribution in [-0.2, 0) is 42.5 Å². The van der Waals surface area contributed by atoms with Crippen LogP contribution in [0.5, 0.6) is 0 Å². The number of nitrogens with zero attached hydrogens (tertiary/aromatic N) is 3. The monoisotopic (exact) mass is 636 g/mol. The number of carbonyl (C=O) groups is 3. The van der Waals surface area contributed by atoms with Crippen molar-refractivity contribution in [3.8, 4) is 0 Å². The fourth-order valence-electron chi connectivity index (χ4n) is 3.86. The lowest BCUT2D eigenvalue weighted by atomic mass is 10.0. The SMILES string of the molecule is CO/N=C(\C(=O)NC1C(=O)N2C(C(=O)O)=C(Cc3[nH+]c(C)c(CCO)s3)CS[C@H]12)c1csc(N)n1.O=S(=O)([O-])O. The zero-order valence-corrected chi connectivity index (χ0v) is 24.1. The van der Waals surface area contributed by atoms with Gasteiger partial charge < -0.3 is 30.7 Å². The molecule has 20 heteroatoms. The highest BCUT2D eigenvalue weighted by Gasteiger charge is 2.54. The highest BCUT2D eigenvalue weighted by atomic mass is 32.3. The molecular formula is C20H24N6O10S4. The maximum Gasteiger partial charge on any atom is 0.352 e. The van der Waals surface area contributed by atoms with Gasteiger partial charge in [-0.25, -0.2) is 23.2 Å². The van der Waals surface area contributed by atoms with Crippen LogP contribution in [0.2, 0.25) is 0 Å². The fraction of sp³-hybridized carbons (Fsp3) is 0.400. The number of aromatic nitrogens is 2. The molecule has 218 valence electrons. The third-order valence-electron chi connectivity index (χ3n) is 5.40. The number of aryl methyl sites for hydroxylation is 1. The Bertz CT molecular complexity index is 1460. The molecule has 2 aliphatic heterocycles. The van der Waals surface area contributed by atoms with Crippen molar-refractivity contribution in [3.05, 3.63) is 37.9 Å². The average molecular weight is 637 g/mol. The van der Waals surface area contributed by atoms with E-state index in [1.54, 1.807) is 5.38 Å². The number of hydrogen-bond donors (Lipinski definition) is 5. The van der Waals surface area contributed by atoms with E-state index in [1.165, 1.54) is 35.1 Å². The number of thiazole rings is 2. The van der Waals surface area contributed by atoms with Gasteiger partial charge >= 0.3 is 5.97 Å². The number of nitrogens with two attached hydrogens (primary N) is 1. The van der Waals surface area contributed by atoms with Crippen LogP contribution >= 0.6 is 34.4 Å². The molecule has 1 fully saturated rings. The van der Waals surface area contributed by atoms with Gasteiger partial charge in [-0.05, 0) is 5.57 Å². The van der Waals surface area contributed by atoms with Gasteiger partial charge in [0, 0.05) is 31.1 Å². The molecule has 2 aromatic heterocycles. The Kier molecular flexibility index (Phi) is 10.2. The topological polar surface area (TPSA) is 259 Å². The summed E-state index contributed by atoms with van der Waals surface area (Å²) in [4.78, 5) is 52.2. The Labute approximate surface area is 239 Å². The van der Waals surface area contributed by atoms with Crippen molar-refractivity contribution in [3.63, 3.8) is 0 Å². The zero-order chi connectivity index (χ0) is 29.8. The molecule has 7 N–H and O–H groups in total. The molecule has 40 heavy (non-hydrogen) atoms. The van der Waals surface area contributed by atoms with Crippen molar-refractivity contribution in [2.24, 2.45) is 5.16 Å². The maximum atomic E-state index is 13.0. The predicted molar refractivity (Wildman–Crippen MR) is 142 cm³/mol. The third-order valence-corrected chi connectivity index (χ3v) is 8.67. The molecule has 0 aliphatic carbocycles. The van der Waals surface area contributed by atoms with Gasteiger partial charge in [0.05, 0.1) is 11.3 Å². The molecule has 0 saturated carbocycles. The Morgan fingerprint density at radius 2 is 2.10 bits per heavy atom. The number of anilines is 1. The molecule has 16 nitrogen and oxygen atoms in total. The van der Waals surface area contributed by atoms with Gasteiger partial charge in [-0.3, -0.25) is 19.0 Å². The predicted octanol–water partition coefficient (Wildman–Crippen LogP) is -1.22. The summed E-state index contributed by atoms with van der Waals surface area (Å²) in [6.45, 7) is 1.92. The second kappa shape index (κ2) is 13.0. The number of fused-ring (bicyclic) bond motifs is 1.